The molecule has 100 valence electrons. The van der Waals surface area contributed by atoms with Crippen LogP contribution in [0.5, 0.6) is 11.6 Å². The third kappa shape index (κ3) is 2.40. The molecule has 4 heteroatoms. The fraction of sp³-hybridized carbons (Fsp3) is 0.125. The molecule has 0 aliphatic heterocycles. The summed E-state index contributed by atoms with van der Waals surface area (Å²) in [5, 5.41) is 0.848. The summed E-state index contributed by atoms with van der Waals surface area (Å²) in [4.78, 5) is 8.38. The molecule has 0 unspecified atom stereocenters. The Morgan fingerprint density at radius 3 is 2.50 bits per heavy atom. The van der Waals surface area contributed by atoms with Gasteiger partial charge in [0.05, 0.1) is 10.9 Å². The summed E-state index contributed by atoms with van der Waals surface area (Å²) in [7, 11) is 0. The van der Waals surface area contributed by atoms with Crippen LogP contribution in [0.3, 0.4) is 0 Å². The second-order valence-electron chi connectivity index (χ2n) is 4.50. The van der Waals surface area contributed by atoms with Gasteiger partial charge in [-0.15, -0.1) is 0 Å². The number of nitrogen functional groups attached to an aromatic ring is 1. The fourth-order valence-electron chi connectivity index (χ4n) is 2.05. The number of benzene rings is 2. The van der Waals surface area contributed by atoms with E-state index in [0.29, 0.717) is 5.88 Å². The first kappa shape index (κ1) is 12.4. The monoisotopic (exact) mass is 265 g/mol. The van der Waals surface area contributed by atoms with E-state index in [1.807, 2.05) is 48.5 Å². The van der Waals surface area contributed by atoms with Crippen molar-refractivity contribution in [2.75, 3.05) is 5.73 Å². The number of nitrogens with two attached hydrogens (primary N) is 1. The maximum atomic E-state index is 5.84. The molecule has 0 bridgehead atoms. The summed E-state index contributed by atoms with van der Waals surface area (Å²) < 4.78 is 5.84. The summed E-state index contributed by atoms with van der Waals surface area (Å²) in [5.74, 6) is 1.44. The topological polar surface area (TPSA) is 61.0 Å². The maximum absolute atomic E-state index is 5.84. The zero-order valence-corrected chi connectivity index (χ0v) is 11.2. The van der Waals surface area contributed by atoms with E-state index < -0.39 is 0 Å². The van der Waals surface area contributed by atoms with E-state index in [1.54, 1.807) is 0 Å². The Kier molecular flexibility index (Phi) is 3.21. The number of ether oxygens (including phenoxy) is 1. The highest BCUT2D eigenvalue weighted by molar-refractivity contribution is 5.84. The molecule has 0 saturated carbocycles. The van der Waals surface area contributed by atoms with Gasteiger partial charge >= 0.3 is 0 Å². The smallest absolute Gasteiger partial charge is 0.231 e. The van der Waals surface area contributed by atoms with Gasteiger partial charge in [0.2, 0.25) is 11.8 Å². The van der Waals surface area contributed by atoms with Gasteiger partial charge in [-0.2, -0.15) is 4.98 Å². The van der Waals surface area contributed by atoms with Gasteiger partial charge in [0.25, 0.3) is 0 Å². The molecule has 0 amide bonds. The number of hydrogen-bond acceptors (Lipinski definition) is 4. The predicted molar refractivity (Wildman–Crippen MR) is 79.8 cm³/mol. The lowest BCUT2D eigenvalue weighted by Gasteiger charge is -2.08. The second kappa shape index (κ2) is 5.17. The quantitative estimate of drug-likeness (QED) is 0.786. The molecule has 1 heterocycles. The zero-order valence-electron chi connectivity index (χ0n) is 11.2. The largest absolute Gasteiger partial charge is 0.438 e. The Hall–Kier alpha value is -2.62. The van der Waals surface area contributed by atoms with Gasteiger partial charge in [-0.05, 0) is 36.2 Å². The zero-order chi connectivity index (χ0) is 13.9. The Morgan fingerprint density at radius 1 is 1.00 bits per heavy atom. The lowest BCUT2D eigenvalue weighted by molar-refractivity contribution is 0.469. The number of aromatic nitrogens is 2. The number of rotatable bonds is 3. The highest BCUT2D eigenvalue weighted by atomic mass is 16.5. The van der Waals surface area contributed by atoms with Crippen LogP contribution in [0.25, 0.3) is 10.9 Å². The van der Waals surface area contributed by atoms with Gasteiger partial charge in [0.15, 0.2) is 0 Å². The average Bonchev–Trinajstić information content (AvgIpc) is 2.48. The van der Waals surface area contributed by atoms with Crippen molar-refractivity contribution < 1.29 is 4.74 Å². The van der Waals surface area contributed by atoms with Crippen molar-refractivity contribution in [1.29, 1.82) is 0 Å². The first-order chi connectivity index (χ1) is 9.76. The Bertz CT molecular complexity index is 738. The van der Waals surface area contributed by atoms with Crippen LogP contribution in [0.1, 0.15) is 12.5 Å². The molecule has 3 rings (SSSR count). The first-order valence-electron chi connectivity index (χ1n) is 6.55. The van der Waals surface area contributed by atoms with E-state index >= 15 is 0 Å². The molecule has 0 aliphatic rings. The van der Waals surface area contributed by atoms with Gasteiger partial charge in [0.1, 0.15) is 5.75 Å². The third-order valence-corrected chi connectivity index (χ3v) is 3.13. The minimum absolute atomic E-state index is 0.212. The van der Waals surface area contributed by atoms with Crippen molar-refractivity contribution in [3.63, 3.8) is 0 Å². The first-order valence-corrected chi connectivity index (χ1v) is 6.55. The number of fused-ring (bicyclic) bond motifs is 1. The number of para-hydroxylation sites is 1. The maximum Gasteiger partial charge on any atom is 0.231 e. The molecular formula is C16H15N3O. The highest BCUT2D eigenvalue weighted by Crippen LogP contribution is 2.27. The van der Waals surface area contributed by atoms with Crippen molar-refractivity contribution >= 4 is 16.9 Å². The minimum atomic E-state index is 0.212. The van der Waals surface area contributed by atoms with Crippen molar-refractivity contribution in [3.8, 4) is 11.6 Å². The van der Waals surface area contributed by atoms with E-state index in [0.717, 1.165) is 23.1 Å². The minimum Gasteiger partial charge on any atom is -0.438 e. The highest BCUT2D eigenvalue weighted by Gasteiger charge is 2.07. The predicted octanol–water partition coefficient (Wildman–Crippen LogP) is 3.57. The van der Waals surface area contributed by atoms with Gasteiger partial charge in [-0.3, -0.25) is 0 Å². The molecule has 0 spiro atoms. The van der Waals surface area contributed by atoms with Gasteiger partial charge in [-0.25, -0.2) is 4.98 Å². The molecule has 0 fully saturated rings. The lowest BCUT2D eigenvalue weighted by atomic mass is 10.2. The molecule has 3 aromatic rings. The van der Waals surface area contributed by atoms with E-state index in [4.69, 9.17) is 10.5 Å². The SMILES string of the molecule is CCc1ccc(Oc2nc(N)nc3ccccc23)cc1. The van der Waals surface area contributed by atoms with Crippen LogP contribution >= 0.6 is 0 Å². The van der Waals surface area contributed by atoms with Crippen molar-refractivity contribution in [1.82, 2.24) is 9.97 Å². The summed E-state index contributed by atoms with van der Waals surface area (Å²) in [6, 6.07) is 15.6. The Labute approximate surface area is 117 Å². The second-order valence-corrected chi connectivity index (χ2v) is 4.50. The summed E-state index contributed by atoms with van der Waals surface area (Å²) in [6.45, 7) is 2.12. The molecular weight excluding hydrogens is 250 g/mol. The van der Waals surface area contributed by atoms with Gasteiger partial charge in [0, 0.05) is 0 Å². The summed E-state index contributed by atoms with van der Waals surface area (Å²) >= 11 is 0. The van der Waals surface area contributed by atoms with Crippen molar-refractivity contribution in [2.24, 2.45) is 0 Å². The molecule has 0 atom stereocenters. The van der Waals surface area contributed by atoms with E-state index in [1.165, 1.54) is 5.56 Å². The standard InChI is InChI=1S/C16H15N3O/c1-2-11-7-9-12(10-8-11)20-15-13-5-3-4-6-14(13)18-16(17)19-15/h3-10H,2H2,1H3,(H2,17,18,19). The third-order valence-electron chi connectivity index (χ3n) is 3.13. The van der Waals surface area contributed by atoms with Crippen molar-refractivity contribution in [3.05, 3.63) is 54.1 Å². The number of aryl methyl sites for hydroxylation is 1. The molecule has 2 aromatic carbocycles. The normalized spacial score (nSPS) is 10.7. The van der Waals surface area contributed by atoms with Crippen LogP contribution in [0, 0.1) is 0 Å². The Balaban J connectivity index is 2.01. The lowest BCUT2D eigenvalue weighted by Crippen LogP contribution is -1.98. The number of hydrogen-bond donors (Lipinski definition) is 1. The number of nitrogens with zero attached hydrogens (tertiary/aromatic N) is 2. The Morgan fingerprint density at radius 2 is 1.75 bits per heavy atom. The van der Waals surface area contributed by atoms with Crippen LogP contribution in [0.15, 0.2) is 48.5 Å². The number of anilines is 1. The molecule has 2 N–H and O–H groups in total. The van der Waals surface area contributed by atoms with Crippen LogP contribution in [0.4, 0.5) is 5.95 Å². The molecule has 20 heavy (non-hydrogen) atoms. The van der Waals surface area contributed by atoms with Gasteiger partial charge in [-0.1, -0.05) is 31.2 Å². The molecule has 4 nitrogen and oxygen atoms in total. The average molecular weight is 265 g/mol. The summed E-state index contributed by atoms with van der Waals surface area (Å²) in [6.07, 6.45) is 1.00. The fourth-order valence-corrected chi connectivity index (χ4v) is 2.05. The van der Waals surface area contributed by atoms with E-state index in [2.05, 4.69) is 16.9 Å². The molecule has 0 saturated heterocycles. The van der Waals surface area contributed by atoms with Crippen LogP contribution in [0.2, 0.25) is 0 Å². The van der Waals surface area contributed by atoms with Crippen LogP contribution in [-0.2, 0) is 6.42 Å². The van der Waals surface area contributed by atoms with E-state index in [-0.39, 0.29) is 5.95 Å². The molecule has 0 radical (unpaired) electrons. The molecule has 0 aliphatic carbocycles. The summed E-state index contributed by atoms with van der Waals surface area (Å²) in [5.41, 5.74) is 7.77. The van der Waals surface area contributed by atoms with Crippen LogP contribution in [-0.4, -0.2) is 9.97 Å². The van der Waals surface area contributed by atoms with Gasteiger partial charge < -0.3 is 10.5 Å². The molecule has 1 aromatic heterocycles. The van der Waals surface area contributed by atoms with E-state index in [9.17, 15) is 0 Å². The van der Waals surface area contributed by atoms with Crippen LogP contribution < -0.4 is 10.5 Å². The van der Waals surface area contributed by atoms with Crippen molar-refractivity contribution in [2.45, 2.75) is 13.3 Å².